The van der Waals surface area contributed by atoms with E-state index in [1.165, 1.54) is 4.57 Å². The maximum absolute atomic E-state index is 13.3. The van der Waals surface area contributed by atoms with Crippen LogP contribution in [-0.2, 0) is 29.2 Å². The number of benzene rings is 1. The van der Waals surface area contributed by atoms with Crippen LogP contribution in [0.15, 0.2) is 23.0 Å². The van der Waals surface area contributed by atoms with Gasteiger partial charge in [-0.25, -0.2) is 5.48 Å². The molecule has 0 spiro atoms. The second-order valence-corrected chi connectivity index (χ2v) is 16.5. The number of anilines is 2. The lowest BCUT2D eigenvalue weighted by Gasteiger charge is -2.36. The first kappa shape index (κ1) is 27.2. The van der Waals surface area contributed by atoms with Crippen molar-refractivity contribution >= 4 is 59.9 Å². The molecule has 186 valence electrons. The average Bonchev–Trinajstić information content (AvgIpc) is 3.22. The third-order valence-corrected chi connectivity index (χ3v) is 12.2. The molecule has 1 amide bonds. The molecule has 1 aromatic carbocycles. The Bertz CT molecular complexity index is 1140. The summed E-state index contributed by atoms with van der Waals surface area (Å²) in [5.74, 6) is -0.00223. The van der Waals surface area contributed by atoms with Gasteiger partial charge in [-0.1, -0.05) is 32.4 Å². The molecule has 10 heteroatoms. The highest BCUT2D eigenvalue weighted by atomic mass is 127. The Morgan fingerprint density at radius 2 is 1.88 bits per heavy atom. The van der Waals surface area contributed by atoms with E-state index in [9.17, 15) is 9.59 Å². The summed E-state index contributed by atoms with van der Waals surface area (Å²) >= 11 is 8.60. The van der Waals surface area contributed by atoms with Gasteiger partial charge in [-0.2, -0.15) is 0 Å². The van der Waals surface area contributed by atoms with Gasteiger partial charge in [-0.05, 0) is 83.7 Å². The van der Waals surface area contributed by atoms with Gasteiger partial charge in [0, 0.05) is 16.2 Å². The van der Waals surface area contributed by atoms with Crippen LogP contribution >= 0.6 is 34.2 Å². The average molecular weight is 618 g/mol. The molecule has 1 aliphatic carbocycles. The highest BCUT2D eigenvalue weighted by molar-refractivity contribution is 14.1. The lowest BCUT2D eigenvalue weighted by Crippen LogP contribution is -2.42. The molecule has 2 aromatic rings. The molecule has 0 saturated carbocycles. The quantitative estimate of drug-likeness (QED) is 0.176. The fourth-order valence-corrected chi connectivity index (χ4v) is 5.63. The largest absolute Gasteiger partial charge is 0.414 e. The summed E-state index contributed by atoms with van der Waals surface area (Å²) in [7, 11) is -0.228. The first-order valence-electron chi connectivity index (χ1n) is 11.4. The van der Waals surface area contributed by atoms with Crippen LogP contribution < -0.4 is 16.4 Å². The van der Waals surface area contributed by atoms with Crippen LogP contribution in [0.1, 0.15) is 48.7 Å². The van der Waals surface area contributed by atoms with Crippen LogP contribution in [-0.4, -0.2) is 32.0 Å². The third-order valence-electron chi connectivity index (χ3n) is 6.69. The summed E-state index contributed by atoms with van der Waals surface area (Å²) in [6.45, 7) is 11.5. The zero-order valence-corrected chi connectivity index (χ0v) is 24.5. The van der Waals surface area contributed by atoms with E-state index in [1.807, 2.05) is 18.2 Å². The molecule has 1 aromatic heterocycles. The van der Waals surface area contributed by atoms with Gasteiger partial charge in [0.25, 0.3) is 11.5 Å². The Morgan fingerprint density at radius 3 is 2.53 bits per heavy atom. The predicted molar refractivity (Wildman–Crippen MR) is 148 cm³/mol. The third kappa shape index (κ3) is 5.87. The minimum Gasteiger partial charge on any atom is -0.414 e. The topological polar surface area (TPSA) is 81.6 Å². The Morgan fingerprint density at radius 1 is 1.21 bits per heavy atom. The molecule has 1 aliphatic rings. The van der Waals surface area contributed by atoms with E-state index in [1.54, 1.807) is 7.05 Å². The first-order chi connectivity index (χ1) is 15.8. The van der Waals surface area contributed by atoms with Crippen LogP contribution in [0.5, 0.6) is 0 Å². The van der Waals surface area contributed by atoms with E-state index in [-0.39, 0.29) is 17.2 Å². The number of nitrogens with one attached hydrogen (secondary N) is 2. The number of hydroxylamine groups is 1. The molecule has 0 aliphatic heterocycles. The van der Waals surface area contributed by atoms with Crippen molar-refractivity contribution in [2.24, 2.45) is 7.05 Å². The molecular weight excluding hydrogens is 585 g/mol. The van der Waals surface area contributed by atoms with Crippen LogP contribution in [0.25, 0.3) is 0 Å². The van der Waals surface area contributed by atoms with Crippen molar-refractivity contribution in [3.05, 3.63) is 53.8 Å². The number of hydrogen-bond donors (Lipinski definition) is 2. The van der Waals surface area contributed by atoms with Gasteiger partial charge in [0.15, 0.2) is 8.32 Å². The minimum absolute atomic E-state index is 0.100. The SMILES string of the molecule is Cn1c(Nc2ccc(I)cc2Cl)c(C(=O)NOCCO[Si](C)(C)C(C)(C)C)c2c(c1=O)CCC2. The number of rotatable bonds is 8. The molecular formula is C24H33ClIN3O4Si. The number of carbonyl (C=O) groups excluding carboxylic acids is 1. The van der Waals surface area contributed by atoms with E-state index in [2.05, 4.69) is 67.3 Å². The summed E-state index contributed by atoms with van der Waals surface area (Å²) in [4.78, 5) is 31.7. The van der Waals surface area contributed by atoms with Crippen LogP contribution in [0, 0.1) is 3.57 Å². The van der Waals surface area contributed by atoms with Gasteiger partial charge >= 0.3 is 0 Å². The fourth-order valence-electron chi connectivity index (χ4n) is 3.70. The highest BCUT2D eigenvalue weighted by Crippen LogP contribution is 2.36. The van der Waals surface area contributed by atoms with E-state index in [0.717, 1.165) is 15.6 Å². The lowest BCUT2D eigenvalue weighted by atomic mass is 10.0. The van der Waals surface area contributed by atoms with Crippen molar-refractivity contribution in [2.75, 3.05) is 18.5 Å². The van der Waals surface area contributed by atoms with Gasteiger partial charge in [0.1, 0.15) is 5.82 Å². The maximum Gasteiger partial charge on any atom is 0.278 e. The number of halogens is 2. The standard InChI is InChI=1S/C24H33ClIN3O4Si/c1-24(2,3)34(5,6)33-13-12-32-28-22(30)20-16-8-7-9-17(16)23(31)29(4)21(20)27-19-11-10-15(26)14-18(19)25/h10-11,14,27H,7-9,12-13H2,1-6H3,(H,28,30). The van der Waals surface area contributed by atoms with E-state index in [0.29, 0.717) is 47.1 Å². The van der Waals surface area contributed by atoms with Crippen molar-refractivity contribution in [3.63, 3.8) is 0 Å². The first-order valence-corrected chi connectivity index (χ1v) is 15.7. The number of fused-ring (bicyclic) bond motifs is 1. The Balaban J connectivity index is 1.81. The molecule has 0 radical (unpaired) electrons. The summed E-state index contributed by atoms with van der Waals surface area (Å²) < 4.78 is 8.57. The molecule has 3 rings (SSSR count). The van der Waals surface area contributed by atoms with Crippen molar-refractivity contribution in [1.82, 2.24) is 10.0 Å². The van der Waals surface area contributed by atoms with Crippen molar-refractivity contribution in [2.45, 2.75) is 58.2 Å². The normalized spacial score (nSPS) is 13.6. The van der Waals surface area contributed by atoms with Gasteiger partial charge in [-0.3, -0.25) is 19.0 Å². The Labute approximate surface area is 220 Å². The number of carbonyl (C=O) groups is 1. The molecule has 0 saturated heterocycles. The molecule has 2 N–H and O–H groups in total. The monoisotopic (exact) mass is 617 g/mol. The van der Waals surface area contributed by atoms with Gasteiger partial charge in [0.2, 0.25) is 0 Å². The number of pyridine rings is 1. The zero-order chi connectivity index (χ0) is 25.3. The zero-order valence-electron chi connectivity index (χ0n) is 20.6. The number of nitrogens with zero attached hydrogens (tertiary/aromatic N) is 1. The van der Waals surface area contributed by atoms with Crippen molar-refractivity contribution in [1.29, 1.82) is 0 Å². The van der Waals surface area contributed by atoms with Crippen molar-refractivity contribution < 1.29 is 14.1 Å². The van der Waals surface area contributed by atoms with Gasteiger partial charge in [-0.15, -0.1) is 0 Å². The van der Waals surface area contributed by atoms with Crippen LogP contribution in [0.4, 0.5) is 11.5 Å². The summed E-state index contributed by atoms with van der Waals surface area (Å²) in [6.07, 6.45) is 2.16. The maximum atomic E-state index is 13.3. The lowest BCUT2D eigenvalue weighted by molar-refractivity contribution is 0.0183. The molecule has 0 bridgehead atoms. The molecule has 0 unspecified atom stereocenters. The van der Waals surface area contributed by atoms with E-state index < -0.39 is 14.2 Å². The predicted octanol–water partition coefficient (Wildman–Crippen LogP) is 5.56. The molecule has 7 nitrogen and oxygen atoms in total. The molecule has 1 heterocycles. The second kappa shape index (κ2) is 10.7. The van der Waals surface area contributed by atoms with Gasteiger partial charge in [0.05, 0.1) is 29.5 Å². The summed E-state index contributed by atoms with van der Waals surface area (Å²) in [5.41, 5.74) is 4.94. The van der Waals surface area contributed by atoms with Crippen molar-refractivity contribution in [3.8, 4) is 0 Å². The van der Waals surface area contributed by atoms with Crippen LogP contribution in [0.3, 0.4) is 0 Å². The second-order valence-electron chi connectivity index (χ2n) is 10.0. The Kier molecular flexibility index (Phi) is 8.55. The molecule has 0 atom stereocenters. The number of hydrogen-bond acceptors (Lipinski definition) is 5. The number of aromatic nitrogens is 1. The number of amides is 1. The Hall–Kier alpha value is -1.40. The van der Waals surface area contributed by atoms with Crippen LogP contribution in [0.2, 0.25) is 23.2 Å². The summed E-state index contributed by atoms with van der Waals surface area (Å²) in [5, 5.41) is 3.82. The van der Waals surface area contributed by atoms with Gasteiger partial charge < -0.3 is 9.74 Å². The smallest absolute Gasteiger partial charge is 0.278 e. The molecule has 34 heavy (non-hydrogen) atoms. The molecule has 0 fully saturated rings. The minimum atomic E-state index is -1.89. The van der Waals surface area contributed by atoms with E-state index >= 15 is 0 Å². The van der Waals surface area contributed by atoms with E-state index in [4.69, 9.17) is 20.9 Å². The fraction of sp³-hybridized carbons (Fsp3) is 0.500. The highest BCUT2D eigenvalue weighted by Gasteiger charge is 2.37. The summed E-state index contributed by atoms with van der Waals surface area (Å²) in [6, 6.07) is 5.56.